The van der Waals surface area contributed by atoms with Crippen molar-refractivity contribution in [2.75, 3.05) is 33.4 Å². The molecule has 0 aliphatic carbocycles. The molecule has 0 bridgehead atoms. The second-order valence-electron chi connectivity index (χ2n) is 8.01. The van der Waals surface area contributed by atoms with E-state index in [0.717, 1.165) is 34.8 Å². The van der Waals surface area contributed by atoms with Gasteiger partial charge in [-0.3, -0.25) is 9.69 Å². The quantitative estimate of drug-likeness (QED) is 0.363. The first-order valence-electron chi connectivity index (χ1n) is 10.8. The van der Waals surface area contributed by atoms with E-state index in [9.17, 15) is 9.18 Å². The molecule has 1 aliphatic rings. The van der Waals surface area contributed by atoms with E-state index in [1.807, 2.05) is 31.2 Å². The van der Waals surface area contributed by atoms with E-state index in [2.05, 4.69) is 4.90 Å². The number of ether oxygens (including phenoxy) is 1. The van der Waals surface area contributed by atoms with Crippen LogP contribution in [0.2, 0.25) is 5.02 Å². The van der Waals surface area contributed by atoms with Crippen molar-refractivity contribution < 1.29 is 13.9 Å². The molecule has 1 amide bonds. The summed E-state index contributed by atoms with van der Waals surface area (Å²) in [5.74, 6) is 0.179. The largest absolute Gasteiger partial charge is 0.379 e. The lowest BCUT2D eigenvalue weighted by Gasteiger charge is -2.26. The van der Waals surface area contributed by atoms with E-state index in [1.54, 1.807) is 19.2 Å². The first-order valence-corrected chi connectivity index (χ1v) is 12.1. The van der Waals surface area contributed by atoms with Crippen molar-refractivity contribution in [3.63, 3.8) is 0 Å². The van der Waals surface area contributed by atoms with Gasteiger partial charge in [-0.25, -0.2) is 14.4 Å². The number of hydrogen-bond donors (Lipinski definition) is 0. The number of amides is 1. The molecule has 6 nitrogen and oxygen atoms in total. The number of hydrogen-bond acceptors (Lipinski definition) is 6. The summed E-state index contributed by atoms with van der Waals surface area (Å²) in [6, 6.07) is 12.3. The monoisotopic (exact) mass is 488 g/mol. The van der Waals surface area contributed by atoms with Crippen LogP contribution in [-0.4, -0.2) is 64.3 Å². The third kappa shape index (κ3) is 5.81. The van der Waals surface area contributed by atoms with Crippen LogP contribution in [0.5, 0.6) is 0 Å². The molecule has 1 atom stereocenters. The number of thioether (sulfide) groups is 1. The Bertz CT molecular complexity index is 1120. The molecule has 174 valence electrons. The number of aromatic nitrogens is 2. The number of carbonyl (C=O) groups is 1. The summed E-state index contributed by atoms with van der Waals surface area (Å²) in [6.07, 6.45) is 0. The number of nitrogens with zero attached hydrogens (tertiary/aromatic N) is 4. The van der Waals surface area contributed by atoms with E-state index in [1.165, 1.54) is 22.7 Å². The molecular formula is C24H26ClFN4O2S. The Morgan fingerprint density at radius 2 is 1.97 bits per heavy atom. The van der Waals surface area contributed by atoms with E-state index >= 15 is 0 Å². The molecule has 1 fully saturated rings. The number of rotatable bonds is 7. The second-order valence-corrected chi connectivity index (χ2v) is 9.74. The molecule has 4 rings (SSSR count). The maximum Gasteiger partial charge on any atom is 0.235 e. The summed E-state index contributed by atoms with van der Waals surface area (Å²) in [5, 5.41) is 1.56. The Kier molecular flexibility index (Phi) is 7.80. The topological polar surface area (TPSA) is 58.6 Å². The number of benzene rings is 2. The fourth-order valence-electron chi connectivity index (χ4n) is 3.74. The zero-order valence-corrected chi connectivity index (χ0v) is 20.2. The van der Waals surface area contributed by atoms with Crippen LogP contribution < -0.4 is 0 Å². The molecule has 1 saturated heterocycles. The first kappa shape index (κ1) is 23.9. The van der Waals surface area contributed by atoms with Gasteiger partial charge in [-0.05, 0) is 25.1 Å². The Morgan fingerprint density at radius 1 is 1.21 bits per heavy atom. The van der Waals surface area contributed by atoms with Crippen molar-refractivity contribution in [1.29, 1.82) is 0 Å². The maximum atomic E-state index is 14.2. The first-order chi connectivity index (χ1) is 15.9. The predicted molar refractivity (Wildman–Crippen MR) is 129 cm³/mol. The fourth-order valence-corrected chi connectivity index (χ4v) is 5.04. The van der Waals surface area contributed by atoms with Crippen LogP contribution in [-0.2, 0) is 22.6 Å². The van der Waals surface area contributed by atoms with E-state index < -0.39 is 11.1 Å². The van der Waals surface area contributed by atoms with Crippen molar-refractivity contribution in [3.8, 4) is 0 Å². The molecule has 0 saturated carbocycles. The Balaban J connectivity index is 1.52. The summed E-state index contributed by atoms with van der Waals surface area (Å²) >= 11 is 7.53. The van der Waals surface area contributed by atoms with Gasteiger partial charge in [-0.15, -0.1) is 0 Å². The molecule has 3 aromatic rings. The summed E-state index contributed by atoms with van der Waals surface area (Å²) in [7, 11) is 1.66. The van der Waals surface area contributed by atoms with E-state index in [4.69, 9.17) is 26.3 Å². The minimum atomic E-state index is -0.421. The zero-order valence-electron chi connectivity index (χ0n) is 18.6. The molecule has 0 spiro atoms. The second kappa shape index (κ2) is 10.8. The number of halogens is 2. The molecule has 1 aromatic heterocycles. The van der Waals surface area contributed by atoms with Crippen molar-refractivity contribution in [2.45, 2.75) is 30.3 Å². The van der Waals surface area contributed by atoms with Crippen LogP contribution in [0, 0.1) is 5.82 Å². The summed E-state index contributed by atoms with van der Waals surface area (Å²) < 4.78 is 19.6. The Morgan fingerprint density at radius 3 is 2.73 bits per heavy atom. The van der Waals surface area contributed by atoms with Crippen LogP contribution in [0.15, 0.2) is 47.5 Å². The molecule has 1 aliphatic heterocycles. The van der Waals surface area contributed by atoms with Gasteiger partial charge >= 0.3 is 0 Å². The Labute approximate surface area is 202 Å². The number of carbonyl (C=O) groups excluding carboxylic acids is 1. The van der Waals surface area contributed by atoms with Gasteiger partial charge < -0.3 is 9.64 Å². The Hall–Kier alpha value is -2.26. The highest BCUT2D eigenvalue weighted by Gasteiger charge is 2.23. The standard InChI is InChI=1S/C24H26ClFN4O2S/c1-16(24(31)29(2)14-18-19(25)7-5-8-20(18)26)33-23-17-6-3-4-9-21(17)27-22(28-23)15-30-10-12-32-13-11-30/h3-9,16H,10-15H2,1-2H3. The van der Waals surface area contributed by atoms with Gasteiger partial charge in [0.2, 0.25) is 5.91 Å². The van der Waals surface area contributed by atoms with Gasteiger partial charge in [0, 0.05) is 42.7 Å². The van der Waals surface area contributed by atoms with Crippen LogP contribution in [0.3, 0.4) is 0 Å². The maximum absolute atomic E-state index is 14.2. The van der Waals surface area contributed by atoms with Crippen LogP contribution in [0.4, 0.5) is 4.39 Å². The molecule has 9 heteroatoms. The average Bonchev–Trinajstić information content (AvgIpc) is 2.81. The molecule has 33 heavy (non-hydrogen) atoms. The molecule has 0 N–H and O–H groups in total. The lowest BCUT2D eigenvalue weighted by molar-refractivity contribution is -0.129. The van der Waals surface area contributed by atoms with E-state index in [0.29, 0.717) is 30.3 Å². The normalized spacial score (nSPS) is 15.5. The van der Waals surface area contributed by atoms with Crippen LogP contribution in [0.1, 0.15) is 18.3 Å². The molecule has 2 aromatic carbocycles. The van der Waals surface area contributed by atoms with E-state index in [-0.39, 0.29) is 12.5 Å². The predicted octanol–water partition coefficient (Wildman–Crippen LogP) is 4.39. The van der Waals surface area contributed by atoms with Crippen molar-refractivity contribution in [3.05, 3.63) is 64.7 Å². The minimum absolute atomic E-state index is 0.0992. The van der Waals surface area contributed by atoms with Gasteiger partial charge in [0.05, 0.1) is 30.5 Å². The van der Waals surface area contributed by atoms with Crippen molar-refractivity contribution in [2.24, 2.45) is 0 Å². The fraction of sp³-hybridized carbons (Fsp3) is 0.375. The molecule has 0 radical (unpaired) electrons. The lowest BCUT2D eigenvalue weighted by Crippen LogP contribution is -2.36. The van der Waals surface area contributed by atoms with Gasteiger partial charge in [-0.2, -0.15) is 0 Å². The summed E-state index contributed by atoms with van der Waals surface area (Å²) in [6.45, 7) is 5.68. The third-order valence-corrected chi connectivity index (χ3v) is 7.00. The highest BCUT2D eigenvalue weighted by molar-refractivity contribution is 8.00. The lowest BCUT2D eigenvalue weighted by atomic mass is 10.2. The van der Waals surface area contributed by atoms with Crippen molar-refractivity contribution >= 4 is 40.2 Å². The number of fused-ring (bicyclic) bond motifs is 1. The average molecular weight is 489 g/mol. The third-order valence-electron chi connectivity index (χ3n) is 5.55. The van der Waals surface area contributed by atoms with Gasteiger partial charge in [0.15, 0.2) is 0 Å². The van der Waals surface area contributed by atoms with Crippen LogP contribution in [0.25, 0.3) is 10.9 Å². The van der Waals surface area contributed by atoms with Crippen LogP contribution >= 0.6 is 23.4 Å². The zero-order chi connectivity index (χ0) is 23.4. The SMILES string of the molecule is CC(Sc1nc(CN2CCOCC2)nc2ccccc12)C(=O)N(C)Cc1c(F)cccc1Cl. The van der Waals surface area contributed by atoms with Gasteiger partial charge in [0.25, 0.3) is 0 Å². The minimum Gasteiger partial charge on any atom is -0.379 e. The molecule has 2 heterocycles. The smallest absolute Gasteiger partial charge is 0.235 e. The molecular weight excluding hydrogens is 463 g/mol. The molecule has 1 unspecified atom stereocenters. The number of morpholine rings is 1. The highest BCUT2D eigenvalue weighted by Crippen LogP contribution is 2.30. The summed E-state index contributed by atoms with van der Waals surface area (Å²) in [4.78, 5) is 26.4. The highest BCUT2D eigenvalue weighted by atomic mass is 35.5. The summed E-state index contributed by atoms with van der Waals surface area (Å²) in [5.41, 5.74) is 1.16. The number of para-hydroxylation sites is 1. The van der Waals surface area contributed by atoms with Gasteiger partial charge in [0.1, 0.15) is 16.7 Å². The van der Waals surface area contributed by atoms with Gasteiger partial charge in [-0.1, -0.05) is 47.6 Å². The van der Waals surface area contributed by atoms with Crippen molar-refractivity contribution in [1.82, 2.24) is 19.8 Å².